The van der Waals surface area contributed by atoms with Gasteiger partial charge >= 0.3 is 0 Å². The Hall–Kier alpha value is -0.380. The van der Waals surface area contributed by atoms with E-state index in [9.17, 15) is 13.2 Å². The average molecular weight is 220 g/mol. The van der Waals surface area contributed by atoms with Crippen LogP contribution in [0.15, 0.2) is 0 Å². The highest BCUT2D eigenvalue weighted by Gasteiger charge is 2.30. The Morgan fingerprint density at radius 1 is 1.29 bits per heavy atom. The highest BCUT2D eigenvalue weighted by atomic mass is 32.2. The Labute approximate surface area is 86.8 Å². The zero-order valence-electron chi connectivity index (χ0n) is 9.62. The van der Waals surface area contributed by atoms with Crippen molar-refractivity contribution in [3.63, 3.8) is 0 Å². The molecule has 0 bridgehead atoms. The van der Waals surface area contributed by atoms with E-state index in [4.69, 9.17) is 0 Å². The van der Waals surface area contributed by atoms with Crippen molar-refractivity contribution < 1.29 is 13.2 Å². The van der Waals surface area contributed by atoms with E-state index in [0.29, 0.717) is 6.42 Å². The maximum absolute atomic E-state index is 11.7. The highest BCUT2D eigenvalue weighted by molar-refractivity contribution is 7.91. The molecule has 4 heteroatoms. The Morgan fingerprint density at radius 2 is 1.71 bits per heavy atom. The third kappa shape index (κ3) is 4.74. The monoisotopic (exact) mass is 220 g/mol. The second kappa shape index (κ2) is 4.43. The van der Waals surface area contributed by atoms with Gasteiger partial charge in [0, 0.05) is 12.2 Å². The average Bonchev–Trinajstić information content (AvgIpc) is 1.79. The molecule has 0 saturated heterocycles. The first-order valence-corrected chi connectivity index (χ1v) is 6.84. The number of rotatable bonds is 4. The third-order valence-electron chi connectivity index (χ3n) is 2.25. The molecule has 0 aliphatic rings. The van der Waals surface area contributed by atoms with Gasteiger partial charge in [-0.1, -0.05) is 27.7 Å². The predicted octanol–water partition coefficient (Wildman–Crippen LogP) is 1.67. The lowest BCUT2D eigenvalue weighted by Gasteiger charge is -2.28. The van der Waals surface area contributed by atoms with Crippen molar-refractivity contribution in [2.45, 2.75) is 34.1 Å². The molecule has 0 fully saturated rings. The molecule has 1 atom stereocenters. The molecule has 0 aromatic heterocycles. The molecule has 84 valence electrons. The van der Waals surface area contributed by atoms with E-state index in [0.717, 1.165) is 6.26 Å². The van der Waals surface area contributed by atoms with E-state index in [-0.39, 0.29) is 22.9 Å². The maximum atomic E-state index is 11.7. The molecular formula is C10H20O3S. The molecule has 0 N–H and O–H groups in total. The van der Waals surface area contributed by atoms with Gasteiger partial charge in [0.05, 0.1) is 0 Å². The van der Waals surface area contributed by atoms with Gasteiger partial charge in [-0.3, -0.25) is 4.79 Å². The fourth-order valence-electron chi connectivity index (χ4n) is 1.68. The molecular weight excluding hydrogens is 200 g/mol. The normalized spacial score (nSPS) is 15.2. The number of carbonyl (C=O) groups is 1. The number of hydrogen-bond donors (Lipinski definition) is 0. The third-order valence-corrected chi connectivity index (χ3v) is 3.06. The van der Waals surface area contributed by atoms with Gasteiger partial charge in [0.25, 0.3) is 0 Å². The van der Waals surface area contributed by atoms with Crippen molar-refractivity contribution in [1.29, 1.82) is 0 Å². The molecule has 0 aromatic rings. The Balaban J connectivity index is 4.66. The molecule has 0 radical (unpaired) electrons. The van der Waals surface area contributed by atoms with E-state index in [2.05, 4.69) is 0 Å². The van der Waals surface area contributed by atoms with Crippen molar-refractivity contribution in [2.75, 3.05) is 12.0 Å². The number of hydrogen-bond acceptors (Lipinski definition) is 3. The van der Waals surface area contributed by atoms with Gasteiger partial charge in [-0.2, -0.15) is 0 Å². The summed E-state index contributed by atoms with van der Waals surface area (Å²) < 4.78 is 21.9. The smallest absolute Gasteiger partial charge is 0.154 e. The van der Waals surface area contributed by atoms with Gasteiger partial charge in [-0.05, 0) is 11.8 Å². The summed E-state index contributed by atoms with van der Waals surface area (Å²) in [5.74, 6) is -0.664. The van der Waals surface area contributed by atoms with Crippen LogP contribution in [-0.4, -0.2) is 26.2 Å². The quantitative estimate of drug-likeness (QED) is 0.724. The van der Waals surface area contributed by atoms with Gasteiger partial charge in [-0.15, -0.1) is 0 Å². The first-order chi connectivity index (χ1) is 6.08. The summed E-state index contributed by atoms with van der Waals surface area (Å²) in [7, 11) is -3.19. The van der Waals surface area contributed by atoms with E-state index in [1.54, 1.807) is 0 Å². The minimum absolute atomic E-state index is 0.156. The molecule has 0 aromatic carbocycles. The van der Waals surface area contributed by atoms with Crippen LogP contribution < -0.4 is 0 Å². The van der Waals surface area contributed by atoms with Gasteiger partial charge in [0.1, 0.15) is 5.75 Å². The van der Waals surface area contributed by atoms with Gasteiger partial charge in [0.15, 0.2) is 15.6 Å². The molecule has 0 saturated carbocycles. The lowest BCUT2D eigenvalue weighted by molar-refractivity contribution is -0.123. The zero-order chi connectivity index (χ0) is 11.6. The summed E-state index contributed by atoms with van der Waals surface area (Å²) in [4.78, 5) is 11.7. The topological polar surface area (TPSA) is 51.2 Å². The van der Waals surface area contributed by atoms with Crippen LogP contribution in [0.2, 0.25) is 0 Å². The van der Waals surface area contributed by atoms with Crippen molar-refractivity contribution >= 4 is 15.6 Å². The molecule has 0 aliphatic carbocycles. The lowest BCUT2D eigenvalue weighted by Crippen LogP contribution is -2.32. The largest absolute Gasteiger partial charge is 0.298 e. The summed E-state index contributed by atoms with van der Waals surface area (Å²) in [6, 6.07) is 0. The molecule has 0 amide bonds. The Kier molecular flexibility index (Phi) is 4.31. The summed E-state index contributed by atoms with van der Waals surface area (Å²) >= 11 is 0. The molecule has 3 nitrogen and oxygen atoms in total. The van der Waals surface area contributed by atoms with Crippen LogP contribution in [0, 0.1) is 11.3 Å². The van der Waals surface area contributed by atoms with Crippen LogP contribution in [0.5, 0.6) is 0 Å². The summed E-state index contributed by atoms with van der Waals surface area (Å²) in [6.07, 6.45) is 1.79. The summed E-state index contributed by atoms with van der Waals surface area (Å²) in [5.41, 5.74) is -0.156. The van der Waals surface area contributed by atoms with Crippen LogP contribution in [-0.2, 0) is 14.6 Å². The van der Waals surface area contributed by atoms with E-state index in [1.165, 1.54) is 0 Å². The summed E-state index contributed by atoms with van der Waals surface area (Å²) in [6.45, 7) is 7.79. The summed E-state index contributed by atoms with van der Waals surface area (Å²) in [5, 5.41) is 0. The van der Waals surface area contributed by atoms with Gasteiger partial charge in [0.2, 0.25) is 0 Å². The first-order valence-electron chi connectivity index (χ1n) is 4.78. The van der Waals surface area contributed by atoms with Crippen LogP contribution in [0.1, 0.15) is 34.1 Å². The Bertz CT molecular complexity index is 296. The minimum atomic E-state index is -3.19. The van der Waals surface area contributed by atoms with Crippen LogP contribution >= 0.6 is 0 Å². The SMILES string of the molecule is CC[C@@H](C(=O)CS(C)(=O)=O)C(C)(C)C. The predicted molar refractivity (Wildman–Crippen MR) is 58.0 cm³/mol. The standard InChI is InChI=1S/C10H20O3S/c1-6-8(10(2,3)4)9(11)7-14(5,12)13/h8H,6-7H2,1-5H3/t8-/m0/s1. The second-order valence-electron chi connectivity index (χ2n) is 4.86. The number of carbonyl (C=O) groups excluding carboxylic acids is 1. The van der Waals surface area contributed by atoms with Gasteiger partial charge in [-0.25, -0.2) is 8.42 Å². The van der Waals surface area contributed by atoms with E-state index >= 15 is 0 Å². The van der Waals surface area contributed by atoms with E-state index < -0.39 is 9.84 Å². The second-order valence-corrected chi connectivity index (χ2v) is 7.00. The molecule has 0 spiro atoms. The zero-order valence-corrected chi connectivity index (χ0v) is 10.4. The first kappa shape index (κ1) is 13.6. The lowest BCUT2D eigenvalue weighted by atomic mass is 9.77. The molecule has 0 unspecified atom stereocenters. The number of Topliss-reactive ketones (excluding diaryl/α,β-unsaturated/α-hetero) is 1. The van der Waals surface area contributed by atoms with Crippen LogP contribution in [0.3, 0.4) is 0 Å². The van der Waals surface area contributed by atoms with Crippen LogP contribution in [0.4, 0.5) is 0 Å². The molecule has 14 heavy (non-hydrogen) atoms. The fourth-order valence-corrected chi connectivity index (χ4v) is 2.40. The molecule has 0 aliphatic heterocycles. The minimum Gasteiger partial charge on any atom is -0.298 e. The Morgan fingerprint density at radius 3 is 1.93 bits per heavy atom. The van der Waals surface area contributed by atoms with Crippen LogP contribution in [0.25, 0.3) is 0 Å². The number of ketones is 1. The van der Waals surface area contributed by atoms with Crippen molar-refractivity contribution in [3.05, 3.63) is 0 Å². The van der Waals surface area contributed by atoms with E-state index in [1.807, 2.05) is 27.7 Å². The highest BCUT2D eigenvalue weighted by Crippen LogP contribution is 2.29. The maximum Gasteiger partial charge on any atom is 0.154 e. The van der Waals surface area contributed by atoms with Crippen molar-refractivity contribution in [3.8, 4) is 0 Å². The molecule has 0 rings (SSSR count). The van der Waals surface area contributed by atoms with Crippen molar-refractivity contribution in [1.82, 2.24) is 0 Å². The van der Waals surface area contributed by atoms with Gasteiger partial charge < -0.3 is 0 Å². The molecule has 0 heterocycles. The van der Waals surface area contributed by atoms with Crippen molar-refractivity contribution in [2.24, 2.45) is 11.3 Å². The fraction of sp³-hybridized carbons (Fsp3) is 0.900. The number of sulfone groups is 1.